The summed E-state index contributed by atoms with van der Waals surface area (Å²) in [5.41, 5.74) is 0.454. The first kappa shape index (κ1) is 28.8. The number of hydrogen-bond donors (Lipinski definition) is 3. The average molecular weight is 533 g/mol. The lowest BCUT2D eigenvalue weighted by Crippen LogP contribution is -2.47. The molecule has 0 aromatic carbocycles. The van der Waals surface area contributed by atoms with Crippen LogP contribution < -0.4 is 16.0 Å². The second-order valence-corrected chi connectivity index (χ2v) is 11.9. The fourth-order valence-electron chi connectivity index (χ4n) is 4.40. The van der Waals surface area contributed by atoms with Crippen LogP contribution in [0.2, 0.25) is 0 Å². The standard InChI is InChI=1S/C26H40N6O4S/c1-13(2)9-32-10-16(7)27-24(35)22-17(8)36-25(31-22)20(14(3)4)30-23(34)18-12-37-26(28-18)21(15(5)6)29-19(33)11-32/h12-16,20-21H,9-11H2,1-8H3,(H,27,35)(H,29,33)(H,30,34)/t16-,20-,21+/m1/s1. The molecular weight excluding hydrogens is 492 g/mol. The Kier molecular flexibility index (Phi) is 9.46. The first-order valence-electron chi connectivity index (χ1n) is 12.9. The van der Waals surface area contributed by atoms with E-state index in [9.17, 15) is 14.4 Å². The van der Waals surface area contributed by atoms with Crippen LogP contribution in [0.3, 0.4) is 0 Å². The molecule has 0 unspecified atom stereocenters. The maximum atomic E-state index is 13.1. The molecule has 2 aromatic rings. The van der Waals surface area contributed by atoms with Crippen molar-refractivity contribution in [3.05, 3.63) is 33.4 Å². The van der Waals surface area contributed by atoms with Crippen molar-refractivity contribution in [2.45, 2.75) is 73.5 Å². The van der Waals surface area contributed by atoms with E-state index in [2.05, 4.69) is 39.8 Å². The number of rotatable bonds is 4. The minimum absolute atomic E-state index is 0.0483. The summed E-state index contributed by atoms with van der Waals surface area (Å²) in [6.07, 6.45) is 0. The van der Waals surface area contributed by atoms with Crippen LogP contribution in [0.15, 0.2) is 9.80 Å². The molecule has 3 heterocycles. The lowest BCUT2D eigenvalue weighted by molar-refractivity contribution is -0.123. The summed E-state index contributed by atoms with van der Waals surface area (Å²) >= 11 is 1.35. The Balaban J connectivity index is 2.01. The van der Waals surface area contributed by atoms with E-state index in [-0.39, 0.29) is 65.5 Å². The van der Waals surface area contributed by atoms with Crippen LogP contribution in [0.5, 0.6) is 0 Å². The third-order valence-electron chi connectivity index (χ3n) is 6.15. The minimum Gasteiger partial charge on any atom is -0.443 e. The number of hydrogen-bond acceptors (Lipinski definition) is 8. The van der Waals surface area contributed by atoms with Gasteiger partial charge >= 0.3 is 0 Å². The second kappa shape index (κ2) is 12.2. The van der Waals surface area contributed by atoms with Gasteiger partial charge in [-0.05, 0) is 31.6 Å². The van der Waals surface area contributed by atoms with E-state index in [0.717, 1.165) is 0 Å². The predicted octanol–water partition coefficient (Wildman–Crippen LogP) is 3.47. The molecule has 204 valence electrons. The SMILES string of the molecule is Cc1oc2nc1C(=O)N[C@H](C)CN(CC(C)C)CC(=O)N[C@@H](C(C)C)c1nc(cs1)C(=O)N[C@@H]2C(C)C. The maximum absolute atomic E-state index is 13.1. The van der Waals surface area contributed by atoms with Crippen LogP contribution in [0.1, 0.15) is 98.2 Å². The number of thiazole rings is 1. The van der Waals surface area contributed by atoms with Crippen LogP contribution >= 0.6 is 11.3 Å². The normalized spacial score (nSPS) is 22.6. The summed E-state index contributed by atoms with van der Waals surface area (Å²) in [5, 5.41) is 11.4. The zero-order chi connectivity index (χ0) is 27.4. The fraction of sp³-hybridized carbons (Fsp3) is 0.654. The van der Waals surface area contributed by atoms with Gasteiger partial charge in [0.05, 0.1) is 12.6 Å². The van der Waals surface area contributed by atoms with Gasteiger partial charge in [0, 0.05) is 24.5 Å². The third-order valence-corrected chi connectivity index (χ3v) is 7.08. The van der Waals surface area contributed by atoms with E-state index in [1.54, 1.807) is 12.3 Å². The Hall–Kier alpha value is -2.79. The first-order valence-corrected chi connectivity index (χ1v) is 13.8. The van der Waals surface area contributed by atoms with E-state index < -0.39 is 6.04 Å². The van der Waals surface area contributed by atoms with E-state index >= 15 is 0 Å². The molecule has 3 amide bonds. The summed E-state index contributed by atoms with van der Waals surface area (Å²) in [4.78, 5) is 50.4. The maximum Gasteiger partial charge on any atom is 0.273 e. The number of carbonyl (C=O) groups excluding carboxylic acids is 3. The van der Waals surface area contributed by atoms with Gasteiger partial charge in [-0.25, -0.2) is 9.97 Å². The molecule has 3 atom stereocenters. The van der Waals surface area contributed by atoms with Crippen molar-refractivity contribution in [2.24, 2.45) is 17.8 Å². The largest absolute Gasteiger partial charge is 0.443 e. The van der Waals surface area contributed by atoms with E-state index in [4.69, 9.17) is 4.42 Å². The van der Waals surface area contributed by atoms with E-state index in [0.29, 0.717) is 29.8 Å². The molecule has 3 rings (SSSR count). The highest BCUT2D eigenvalue weighted by Crippen LogP contribution is 2.27. The second-order valence-electron chi connectivity index (χ2n) is 11.0. The van der Waals surface area contributed by atoms with Crippen molar-refractivity contribution in [1.29, 1.82) is 0 Å². The number of nitrogens with one attached hydrogen (secondary N) is 3. The number of fused-ring (bicyclic) bond motifs is 4. The van der Waals surface area contributed by atoms with Crippen molar-refractivity contribution >= 4 is 29.1 Å². The molecular formula is C26H40N6O4S. The molecule has 4 bridgehead atoms. The van der Waals surface area contributed by atoms with E-state index in [1.807, 2.05) is 39.5 Å². The van der Waals surface area contributed by atoms with Crippen molar-refractivity contribution in [3.8, 4) is 0 Å². The summed E-state index contributed by atoms with van der Waals surface area (Å²) in [6.45, 7) is 17.1. The molecule has 0 radical (unpaired) electrons. The van der Waals surface area contributed by atoms with Crippen LogP contribution in [0, 0.1) is 24.7 Å². The smallest absolute Gasteiger partial charge is 0.273 e. The van der Waals surface area contributed by atoms with Gasteiger partial charge in [0.2, 0.25) is 11.8 Å². The summed E-state index contributed by atoms with van der Waals surface area (Å²) < 4.78 is 5.86. The van der Waals surface area contributed by atoms with Crippen LogP contribution in [-0.4, -0.2) is 58.3 Å². The van der Waals surface area contributed by atoms with Gasteiger partial charge in [0.25, 0.3) is 11.8 Å². The van der Waals surface area contributed by atoms with Gasteiger partial charge in [0.1, 0.15) is 22.5 Å². The third kappa shape index (κ3) is 7.38. The summed E-state index contributed by atoms with van der Waals surface area (Å²) in [7, 11) is 0. The Labute approximate surface area is 223 Å². The molecule has 11 heteroatoms. The van der Waals surface area contributed by atoms with Gasteiger partial charge in [-0.15, -0.1) is 11.3 Å². The Morgan fingerprint density at radius 1 is 1.00 bits per heavy atom. The van der Waals surface area contributed by atoms with Crippen LogP contribution in [0.25, 0.3) is 0 Å². The predicted molar refractivity (Wildman–Crippen MR) is 142 cm³/mol. The summed E-state index contributed by atoms with van der Waals surface area (Å²) in [5.74, 6) is 0.177. The molecule has 0 spiro atoms. The first-order chi connectivity index (χ1) is 17.3. The Morgan fingerprint density at radius 2 is 1.68 bits per heavy atom. The number of nitrogens with zero attached hydrogens (tertiary/aromatic N) is 3. The number of aryl methyl sites for hydroxylation is 1. The number of carbonyl (C=O) groups is 3. The van der Waals surface area contributed by atoms with Crippen molar-refractivity contribution in [3.63, 3.8) is 0 Å². The topological polar surface area (TPSA) is 129 Å². The Morgan fingerprint density at radius 3 is 2.30 bits per heavy atom. The molecule has 0 saturated heterocycles. The summed E-state index contributed by atoms with van der Waals surface area (Å²) in [6, 6.07) is -1.11. The van der Waals surface area contributed by atoms with Crippen LogP contribution in [-0.2, 0) is 4.79 Å². The fourth-order valence-corrected chi connectivity index (χ4v) is 5.43. The zero-order valence-electron chi connectivity index (χ0n) is 23.0. The minimum atomic E-state index is -0.545. The quantitative estimate of drug-likeness (QED) is 0.550. The molecule has 1 aliphatic rings. The monoisotopic (exact) mass is 532 g/mol. The van der Waals surface area contributed by atoms with Gasteiger partial charge in [-0.3, -0.25) is 19.3 Å². The number of aromatic nitrogens is 2. The lowest BCUT2D eigenvalue weighted by Gasteiger charge is -2.28. The highest BCUT2D eigenvalue weighted by Gasteiger charge is 2.30. The molecule has 3 N–H and O–H groups in total. The van der Waals surface area contributed by atoms with Crippen molar-refractivity contribution < 1.29 is 18.8 Å². The average Bonchev–Trinajstić information content (AvgIpc) is 3.41. The molecule has 0 saturated carbocycles. The molecule has 0 aliphatic carbocycles. The molecule has 1 aliphatic heterocycles. The molecule has 0 fully saturated rings. The van der Waals surface area contributed by atoms with Gasteiger partial charge < -0.3 is 20.4 Å². The van der Waals surface area contributed by atoms with Crippen LogP contribution in [0.4, 0.5) is 0 Å². The highest BCUT2D eigenvalue weighted by atomic mass is 32.1. The molecule has 10 nitrogen and oxygen atoms in total. The molecule has 37 heavy (non-hydrogen) atoms. The highest BCUT2D eigenvalue weighted by molar-refractivity contribution is 7.09. The van der Waals surface area contributed by atoms with Gasteiger partial charge in [-0.2, -0.15) is 0 Å². The Bertz CT molecular complexity index is 1110. The zero-order valence-corrected chi connectivity index (χ0v) is 23.9. The van der Waals surface area contributed by atoms with Gasteiger partial charge in [0.15, 0.2) is 5.69 Å². The molecule has 2 aromatic heterocycles. The van der Waals surface area contributed by atoms with E-state index in [1.165, 1.54) is 11.3 Å². The van der Waals surface area contributed by atoms with Gasteiger partial charge in [-0.1, -0.05) is 41.5 Å². The number of amides is 3. The number of oxazole rings is 1. The lowest BCUT2D eigenvalue weighted by atomic mass is 10.0. The van der Waals surface area contributed by atoms with Crippen molar-refractivity contribution in [1.82, 2.24) is 30.8 Å². The van der Waals surface area contributed by atoms with Crippen molar-refractivity contribution in [2.75, 3.05) is 19.6 Å².